The first kappa shape index (κ1) is 27.8. The maximum Gasteiger partial charge on any atom is 0.485 e. The molecule has 1 amide bonds. The fourth-order valence-corrected chi connectivity index (χ4v) is 7.09. The molecule has 0 unspecified atom stereocenters. The largest absolute Gasteiger partial charge is 0.741 e. The van der Waals surface area contributed by atoms with Crippen LogP contribution >= 0.6 is 34.9 Å². The Hall–Kier alpha value is -1.79. The SMILES string of the molecule is CSc1c2sc(C3=C(C(=O)O)N4C(=O)[C@H]([C@@H](C)O)[C@H]4C3)cn2c(SC)[n+]1C.O=S(=O)([O-])C(F)(F)F. The summed E-state index contributed by atoms with van der Waals surface area (Å²) in [5.74, 6) is -1.92. The summed E-state index contributed by atoms with van der Waals surface area (Å²) in [6, 6.07) is -0.267. The second-order valence-electron chi connectivity index (χ2n) is 7.60. The van der Waals surface area contributed by atoms with Gasteiger partial charge in [0.1, 0.15) is 11.9 Å². The van der Waals surface area contributed by atoms with Crippen LogP contribution < -0.4 is 4.57 Å². The van der Waals surface area contributed by atoms with Crippen molar-refractivity contribution in [2.45, 2.75) is 41.2 Å². The average molecular weight is 576 g/mol. The van der Waals surface area contributed by atoms with Crippen molar-refractivity contribution in [3.8, 4) is 0 Å². The number of hydrogen-bond acceptors (Lipinski definition) is 9. The van der Waals surface area contributed by atoms with Crippen molar-refractivity contribution in [1.29, 1.82) is 0 Å². The molecule has 2 aromatic heterocycles. The van der Waals surface area contributed by atoms with Crippen LogP contribution in [0.25, 0.3) is 10.4 Å². The van der Waals surface area contributed by atoms with E-state index in [4.69, 9.17) is 13.0 Å². The Balaban J connectivity index is 0.000000371. The molecule has 4 rings (SSSR count). The van der Waals surface area contributed by atoms with E-state index >= 15 is 0 Å². The molecule has 17 heteroatoms. The number of aliphatic hydroxyl groups is 1. The number of aliphatic hydroxyl groups excluding tert-OH is 1. The Morgan fingerprint density at radius 2 is 1.91 bits per heavy atom. The summed E-state index contributed by atoms with van der Waals surface area (Å²) in [6.07, 6.45) is 5.68. The Kier molecular flexibility index (Phi) is 7.61. The smallest absolute Gasteiger partial charge is 0.485 e. The first-order chi connectivity index (χ1) is 16.1. The number of halogens is 3. The average Bonchev–Trinajstić information content (AvgIpc) is 3.34. The van der Waals surface area contributed by atoms with E-state index in [1.54, 1.807) is 41.8 Å². The van der Waals surface area contributed by atoms with Gasteiger partial charge >= 0.3 is 16.6 Å². The highest BCUT2D eigenvalue weighted by Gasteiger charge is 2.57. The Morgan fingerprint density at radius 1 is 1.34 bits per heavy atom. The number of hydrogen-bond donors (Lipinski definition) is 2. The third-order valence-electron chi connectivity index (χ3n) is 5.54. The number of nitrogens with zero attached hydrogens (tertiary/aromatic N) is 3. The number of thiazole rings is 1. The van der Waals surface area contributed by atoms with E-state index in [0.29, 0.717) is 12.0 Å². The predicted molar refractivity (Wildman–Crippen MR) is 121 cm³/mol. The van der Waals surface area contributed by atoms with Crippen molar-refractivity contribution in [1.82, 2.24) is 9.30 Å². The number of alkyl halides is 3. The van der Waals surface area contributed by atoms with Gasteiger partial charge in [-0.2, -0.15) is 17.6 Å². The lowest BCUT2D eigenvalue weighted by Crippen LogP contribution is -2.61. The molecule has 0 aliphatic carbocycles. The number of carboxylic acids is 1. The number of carbonyl (C=O) groups is 2. The standard InChI is InChI=1S/C17H19N3O4S3.CHF3O3S/c1-7(21)11-9-5-8(12(16(23)24)20(9)13(11)22)10-6-19-15(27-10)14(25-3)18(2)17(19)26-4;2-1(3,4)8(5,6)7/h6-7,9,11,21H,5H2,1-4H3;(H,5,6,7)/t7-,9-,11-;/m1./s1. The Labute approximate surface area is 210 Å². The van der Waals surface area contributed by atoms with Crippen molar-refractivity contribution in [2.24, 2.45) is 13.0 Å². The molecule has 4 heterocycles. The summed E-state index contributed by atoms with van der Waals surface area (Å²) in [5.41, 5.74) is -4.90. The minimum atomic E-state index is -6.09. The van der Waals surface area contributed by atoms with Gasteiger partial charge in [0.15, 0.2) is 10.1 Å². The highest BCUT2D eigenvalue weighted by molar-refractivity contribution is 7.99. The normalized spacial score (nSPS) is 21.1. The van der Waals surface area contributed by atoms with E-state index in [-0.39, 0.29) is 17.6 Å². The molecular formula is C18H20F3N3O7S4. The highest BCUT2D eigenvalue weighted by atomic mass is 32.2. The minimum absolute atomic E-state index is 0.0622. The monoisotopic (exact) mass is 575 g/mol. The molecular weight excluding hydrogens is 555 g/mol. The number of fused-ring (bicyclic) bond motifs is 2. The zero-order valence-electron chi connectivity index (χ0n) is 18.6. The van der Waals surface area contributed by atoms with Crippen LogP contribution in [-0.2, 0) is 26.8 Å². The summed E-state index contributed by atoms with van der Waals surface area (Å²) in [4.78, 5) is 27.6. The van der Waals surface area contributed by atoms with E-state index in [0.717, 1.165) is 19.9 Å². The molecule has 35 heavy (non-hydrogen) atoms. The van der Waals surface area contributed by atoms with Crippen molar-refractivity contribution in [3.05, 3.63) is 16.8 Å². The molecule has 0 radical (unpaired) electrons. The van der Waals surface area contributed by atoms with Crippen LogP contribution in [0.15, 0.2) is 22.1 Å². The van der Waals surface area contributed by atoms with Gasteiger partial charge in [0.25, 0.3) is 0 Å². The van der Waals surface area contributed by atoms with Gasteiger partial charge in [-0.1, -0.05) is 23.1 Å². The Morgan fingerprint density at radius 3 is 2.34 bits per heavy atom. The van der Waals surface area contributed by atoms with Crippen LogP contribution in [0.3, 0.4) is 0 Å². The van der Waals surface area contributed by atoms with Crippen LogP contribution in [0, 0.1) is 5.92 Å². The van der Waals surface area contributed by atoms with Crippen molar-refractivity contribution in [2.75, 3.05) is 12.5 Å². The zero-order valence-corrected chi connectivity index (χ0v) is 21.8. The number of thioether (sulfide) groups is 2. The van der Waals surface area contributed by atoms with Gasteiger partial charge in [0, 0.05) is 5.57 Å². The topological polar surface area (TPSA) is 143 Å². The quantitative estimate of drug-likeness (QED) is 0.179. The minimum Gasteiger partial charge on any atom is -0.741 e. The molecule has 0 saturated carbocycles. The highest BCUT2D eigenvalue weighted by Crippen LogP contribution is 2.48. The van der Waals surface area contributed by atoms with Gasteiger partial charge in [-0.05, 0) is 37.6 Å². The molecule has 3 atom stereocenters. The lowest BCUT2D eigenvalue weighted by Gasteiger charge is -2.44. The first-order valence-corrected chi connectivity index (χ1v) is 14.4. The van der Waals surface area contributed by atoms with E-state index in [1.165, 1.54) is 4.90 Å². The number of carbonyl (C=O) groups excluding carboxylic acids is 1. The summed E-state index contributed by atoms with van der Waals surface area (Å²) in [5, 5.41) is 21.8. The molecule has 194 valence electrons. The lowest BCUT2D eigenvalue weighted by atomic mass is 9.83. The number of aliphatic carboxylic acids is 1. The molecule has 1 fully saturated rings. The third kappa shape index (κ3) is 4.69. The molecule has 2 N–H and O–H groups in total. The summed E-state index contributed by atoms with van der Waals surface area (Å²) in [6.45, 7) is 1.59. The van der Waals surface area contributed by atoms with Crippen molar-refractivity contribution < 1.29 is 50.5 Å². The summed E-state index contributed by atoms with van der Waals surface area (Å²) < 4.78 is 63.1. The molecule has 0 aromatic carbocycles. The van der Waals surface area contributed by atoms with Crippen LogP contribution in [0.4, 0.5) is 13.2 Å². The number of imidazole rings is 1. The van der Waals surface area contributed by atoms with E-state index < -0.39 is 33.6 Å². The predicted octanol–water partition coefficient (Wildman–Crippen LogP) is 1.73. The molecule has 2 aliphatic heterocycles. The molecule has 0 bridgehead atoms. The number of carboxylic acid groups (broad SMARTS) is 1. The lowest BCUT2D eigenvalue weighted by molar-refractivity contribution is -0.742. The number of rotatable bonds is 5. The fourth-order valence-electron chi connectivity index (χ4n) is 4.13. The second kappa shape index (κ2) is 9.59. The van der Waals surface area contributed by atoms with Crippen LogP contribution in [0.5, 0.6) is 0 Å². The summed E-state index contributed by atoms with van der Waals surface area (Å²) >= 11 is 4.83. The van der Waals surface area contributed by atoms with Crippen molar-refractivity contribution >= 4 is 67.3 Å². The van der Waals surface area contributed by atoms with Gasteiger partial charge in [-0.25, -0.2) is 17.8 Å². The van der Waals surface area contributed by atoms with Crippen LogP contribution in [-0.4, -0.2) is 74.5 Å². The van der Waals surface area contributed by atoms with Crippen LogP contribution in [0.1, 0.15) is 18.2 Å². The number of amides is 1. The molecule has 0 spiro atoms. The number of aromatic nitrogens is 2. The van der Waals surface area contributed by atoms with Crippen molar-refractivity contribution in [3.63, 3.8) is 0 Å². The van der Waals surface area contributed by atoms with Gasteiger partial charge in [0.2, 0.25) is 15.8 Å². The molecule has 2 aliphatic rings. The van der Waals surface area contributed by atoms with E-state index in [1.807, 2.05) is 25.8 Å². The second-order valence-corrected chi connectivity index (χ2v) is 11.6. The van der Waals surface area contributed by atoms with Crippen LogP contribution in [0.2, 0.25) is 0 Å². The fraction of sp³-hybridized carbons (Fsp3) is 0.500. The van der Waals surface area contributed by atoms with Gasteiger partial charge < -0.3 is 19.7 Å². The van der Waals surface area contributed by atoms with Gasteiger partial charge in [-0.3, -0.25) is 4.79 Å². The maximum atomic E-state index is 12.4. The van der Waals surface area contributed by atoms with E-state index in [2.05, 4.69) is 8.97 Å². The third-order valence-corrected chi connectivity index (χ3v) is 9.08. The summed E-state index contributed by atoms with van der Waals surface area (Å²) in [7, 11) is -4.07. The zero-order chi connectivity index (χ0) is 26.6. The molecule has 10 nitrogen and oxygen atoms in total. The van der Waals surface area contributed by atoms with E-state index in [9.17, 15) is 33.0 Å². The van der Waals surface area contributed by atoms with Gasteiger partial charge in [-0.15, -0.1) is 0 Å². The maximum absolute atomic E-state index is 12.4. The first-order valence-electron chi connectivity index (χ1n) is 9.68. The number of β-lactam (4-membered cyclic amide) rings is 1. The molecule has 1 saturated heterocycles. The van der Waals surface area contributed by atoms with Gasteiger partial charge in [0.05, 0.1) is 30.0 Å². The Bertz CT molecular complexity index is 1290. The molecule has 2 aromatic rings.